The number of nitrogens with zero attached hydrogens (tertiary/aromatic N) is 1. The number of H-pyrrole nitrogens is 1. The third kappa shape index (κ3) is 3.38. The number of pyridine rings is 1. The van der Waals surface area contributed by atoms with Crippen LogP contribution in [0.2, 0.25) is 0 Å². The first-order valence-electron chi connectivity index (χ1n) is 8.90. The van der Waals surface area contributed by atoms with Crippen LogP contribution in [0.5, 0.6) is 0 Å². The lowest BCUT2D eigenvalue weighted by Gasteiger charge is -2.10. The molecule has 2 heterocycles. The molecule has 0 aliphatic rings. The highest BCUT2D eigenvalue weighted by Gasteiger charge is 2.14. The molecule has 0 fully saturated rings. The van der Waals surface area contributed by atoms with Gasteiger partial charge in [-0.2, -0.15) is 0 Å². The number of nitrogens with one attached hydrogen (secondary N) is 2. The van der Waals surface area contributed by atoms with Gasteiger partial charge in [0.15, 0.2) is 0 Å². The van der Waals surface area contributed by atoms with Gasteiger partial charge in [-0.15, -0.1) is 0 Å². The molecule has 0 atom stereocenters. The average Bonchev–Trinajstić information content (AvgIpc) is 3.17. The highest BCUT2D eigenvalue weighted by Crippen LogP contribution is 2.34. The van der Waals surface area contributed by atoms with Crippen molar-refractivity contribution in [1.82, 2.24) is 9.97 Å². The summed E-state index contributed by atoms with van der Waals surface area (Å²) in [5.74, 6) is -1.03. The van der Waals surface area contributed by atoms with Gasteiger partial charge in [-0.05, 0) is 28.8 Å². The second kappa shape index (κ2) is 7.40. The van der Waals surface area contributed by atoms with Gasteiger partial charge >= 0.3 is 5.97 Å². The number of carboxylic acid groups (broad SMARTS) is 1. The maximum atomic E-state index is 11.3. The minimum absolute atomic E-state index is 0.0715. The molecule has 2 aromatic carbocycles. The van der Waals surface area contributed by atoms with Crippen molar-refractivity contribution in [3.05, 3.63) is 90.8 Å². The van der Waals surface area contributed by atoms with Crippen LogP contribution in [0, 0.1) is 0 Å². The van der Waals surface area contributed by atoms with Gasteiger partial charge in [-0.1, -0.05) is 55.1 Å². The summed E-state index contributed by atoms with van der Waals surface area (Å²) in [6.07, 6.45) is 3.66. The lowest BCUT2D eigenvalue weighted by atomic mass is 9.99. The monoisotopic (exact) mass is 369 g/mol. The number of rotatable bonds is 6. The largest absolute Gasteiger partial charge is 0.478 e. The van der Waals surface area contributed by atoms with Crippen molar-refractivity contribution in [3.63, 3.8) is 0 Å². The number of benzene rings is 2. The SMILES string of the molecule is C=C(C(=O)O)c1cccc(-c2c[nH]c3nccc(NCc4ccccc4)c23)c1. The van der Waals surface area contributed by atoms with Crippen molar-refractivity contribution < 1.29 is 9.90 Å². The summed E-state index contributed by atoms with van der Waals surface area (Å²) in [5.41, 5.74) is 5.44. The molecule has 0 bridgehead atoms. The molecule has 0 amide bonds. The van der Waals surface area contributed by atoms with Gasteiger partial charge in [0, 0.05) is 35.6 Å². The zero-order valence-electron chi connectivity index (χ0n) is 15.1. The smallest absolute Gasteiger partial charge is 0.335 e. The van der Waals surface area contributed by atoms with Gasteiger partial charge in [-0.3, -0.25) is 0 Å². The van der Waals surface area contributed by atoms with E-state index in [-0.39, 0.29) is 5.57 Å². The fraction of sp³-hybridized carbons (Fsp3) is 0.0435. The first-order chi connectivity index (χ1) is 13.6. The third-order valence-corrected chi connectivity index (χ3v) is 4.68. The zero-order valence-corrected chi connectivity index (χ0v) is 15.1. The predicted octanol–water partition coefficient (Wildman–Crippen LogP) is 4.94. The number of hydrogen-bond donors (Lipinski definition) is 3. The van der Waals surface area contributed by atoms with E-state index in [1.165, 1.54) is 5.56 Å². The summed E-state index contributed by atoms with van der Waals surface area (Å²) in [4.78, 5) is 18.9. The Bertz CT molecular complexity index is 1160. The van der Waals surface area contributed by atoms with Gasteiger partial charge in [0.25, 0.3) is 0 Å². The molecule has 5 heteroatoms. The predicted molar refractivity (Wildman–Crippen MR) is 112 cm³/mol. The van der Waals surface area contributed by atoms with E-state index in [9.17, 15) is 9.90 Å². The minimum atomic E-state index is -1.03. The maximum absolute atomic E-state index is 11.3. The Labute approximate surface area is 162 Å². The van der Waals surface area contributed by atoms with E-state index >= 15 is 0 Å². The molecule has 2 aromatic heterocycles. The van der Waals surface area contributed by atoms with Crippen molar-refractivity contribution in [2.24, 2.45) is 0 Å². The van der Waals surface area contributed by atoms with Crippen molar-refractivity contribution in [2.75, 3.05) is 5.32 Å². The number of hydrogen-bond acceptors (Lipinski definition) is 3. The number of aliphatic carboxylic acids is 1. The molecular weight excluding hydrogens is 350 g/mol. The highest BCUT2D eigenvalue weighted by atomic mass is 16.4. The molecule has 0 aliphatic carbocycles. The molecule has 5 nitrogen and oxygen atoms in total. The first-order valence-corrected chi connectivity index (χ1v) is 8.90. The van der Waals surface area contributed by atoms with Gasteiger partial charge < -0.3 is 15.4 Å². The topological polar surface area (TPSA) is 78.0 Å². The Balaban J connectivity index is 1.74. The van der Waals surface area contributed by atoms with E-state index in [1.807, 2.05) is 48.7 Å². The second-order valence-electron chi connectivity index (χ2n) is 6.49. The number of carboxylic acids is 1. The number of aromatic nitrogens is 2. The first kappa shape index (κ1) is 17.5. The van der Waals surface area contributed by atoms with E-state index in [1.54, 1.807) is 12.3 Å². The standard InChI is InChI=1S/C23H19N3O2/c1-15(23(27)28)17-8-5-9-18(12-17)19-14-26-22-21(19)20(10-11-24-22)25-13-16-6-3-2-4-7-16/h2-12,14H,1,13H2,(H,27,28)(H2,24,25,26). The molecule has 0 unspecified atom stereocenters. The van der Waals surface area contributed by atoms with Gasteiger partial charge in [-0.25, -0.2) is 9.78 Å². The van der Waals surface area contributed by atoms with Gasteiger partial charge in [0.2, 0.25) is 0 Å². The van der Waals surface area contributed by atoms with E-state index in [2.05, 4.69) is 34.0 Å². The number of carbonyl (C=O) groups is 1. The summed E-state index contributed by atoms with van der Waals surface area (Å²) < 4.78 is 0. The van der Waals surface area contributed by atoms with Crippen LogP contribution < -0.4 is 5.32 Å². The number of fused-ring (bicyclic) bond motifs is 1. The van der Waals surface area contributed by atoms with Crippen LogP contribution in [0.25, 0.3) is 27.7 Å². The van der Waals surface area contributed by atoms with E-state index in [0.717, 1.165) is 27.8 Å². The number of aromatic amines is 1. The minimum Gasteiger partial charge on any atom is -0.478 e. The van der Waals surface area contributed by atoms with E-state index in [4.69, 9.17) is 0 Å². The van der Waals surface area contributed by atoms with Crippen LogP contribution in [0.15, 0.2) is 79.6 Å². The van der Waals surface area contributed by atoms with Crippen LogP contribution in [0.3, 0.4) is 0 Å². The van der Waals surface area contributed by atoms with Crippen molar-refractivity contribution in [2.45, 2.75) is 6.54 Å². The summed E-state index contributed by atoms with van der Waals surface area (Å²) in [5, 5.41) is 13.7. The Kier molecular flexibility index (Phi) is 4.64. The Morgan fingerprint density at radius 3 is 2.71 bits per heavy atom. The van der Waals surface area contributed by atoms with Gasteiger partial charge in [0.05, 0.1) is 5.57 Å². The summed E-state index contributed by atoms with van der Waals surface area (Å²) in [6, 6.07) is 19.5. The van der Waals surface area contributed by atoms with Gasteiger partial charge in [0.1, 0.15) is 5.65 Å². The molecule has 0 aliphatic heterocycles. The summed E-state index contributed by atoms with van der Waals surface area (Å²) in [6.45, 7) is 4.35. The number of anilines is 1. The normalized spacial score (nSPS) is 10.7. The van der Waals surface area contributed by atoms with Crippen LogP contribution in [0.4, 0.5) is 5.69 Å². The molecule has 3 N–H and O–H groups in total. The van der Waals surface area contributed by atoms with Crippen molar-refractivity contribution >= 4 is 28.3 Å². The van der Waals surface area contributed by atoms with Crippen LogP contribution in [-0.2, 0) is 11.3 Å². The quantitative estimate of drug-likeness (QED) is 0.421. The Hall–Kier alpha value is -3.86. The maximum Gasteiger partial charge on any atom is 0.335 e. The van der Waals surface area contributed by atoms with Crippen LogP contribution in [-0.4, -0.2) is 21.0 Å². The van der Waals surface area contributed by atoms with Crippen LogP contribution >= 0.6 is 0 Å². The average molecular weight is 369 g/mol. The van der Waals surface area contributed by atoms with Crippen molar-refractivity contribution in [1.29, 1.82) is 0 Å². The molecule has 28 heavy (non-hydrogen) atoms. The molecule has 0 radical (unpaired) electrons. The molecule has 0 spiro atoms. The fourth-order valence-electron chi connectivity index (χ4n) is 3.22. The Morgan fingerprint density at radius 1 is 1.11 bits per heavy atom. The molecule has 4 aromatic rings. The molecule has 0 saturated heterocycles. The lowest BCUT2D eigenvalue weighted by molar-refractivity contribution is -0.130. The second-order valence-corrected chi connectivity index (χ2v) is 6.49. The molecule has 0 saturated carbocycles. The summed E-state index contributed by atoms with van der Waals surface area (Å²) in [7, 11) is 0. The Morgan fingerprint density at radius 2 is 1.93 bits per heavy atom. The highest BCUT2D eigenvalue weighted by molar-refractivity contribution is 6.15. The summed E-state index contributed by atoms with van der Waals surface area (Å²) >= 11 is 0. The van der Waals surface area contributed by atoms with E-state index < -0.39 is 5.97 Å². The molecule has 138 valence electrons. The zero-order chi connectivity index (χ0) is 19.5. The molecule has 4 rings (SSSR count). The molecular formula is C23H19N3O2. The van der Waals surface area contributed by atoms with E-state index in [0.29, 0.717) is 12.1 Å². The lowest BCUT2D eigenvalue weighted by Crippen LogP contribution is -2.00. The van der Waals surface area contributed by atoms with Crippen LogP contribution in [0.1, 0.15) is 11.1 Å². The third-order valence-electron chi connectivity index (χ3n) is 4.68. The van der Waals surface area contributed by atoms with Crippen molar-refractivity contribution in [3.8, 4) is 11.1 Å². The fourth-order valence-corrected chi connectivity index (χ4v) is 3.22.